The lowest BCUT2D eigenvalue weighted by atomic mass is 9.83. The molecular weight excluding hydrogens is 204 g/mol. The molecule has 1 rings (SSSR count). The number of hydrogen-bond acceptors (Lipinski definition) is 3. The highest BCUT2D eigenvalue weighted by Crippen LogP contribution is 2.27. The summed E-state index contributed by atoms with van der Waals surface area (Å²) in [5.74, 6) is -0.183. The molecule has 0 bridgehead atoms. The Bertz CT molecular complexity index is 275. The minimum Gasteiger partial charge on any atom is -0.369 e. The quantitative estimate of drug-likeness (QED) is 0.791. The predicted molar refractivity (Wildman–Crippen MR) is 60.7 cm³/mol. The van der Waals surface area contributed by atoms with Gasteiger partial charge in [0, 0.05) is 0 Å². The second-order valence-corrected chi connectivity index (χ2v) is 4.66. The lowest BCUT2D eigenvalue weighted by Gasteiger charge is -2.31. The summed E-state index contributed by atoms with van der Waals surface area (Å²) >= 11 is 0. The molecule has 16 heavy (non-hydrogen) atoms. The number of hydrogen-bond donors (Lipinski definition) is 1. The van der Waals surface area contributed by atoms with E-state index in [2.05, 4.69) is 11.4 Å². The zero-order valence-corrected chi connectivity index (χ0v) is 10.1. The van der Waals surface area contributed by atoms with Crippen LogP contribution in [-0.2, 0) is 9.53 Å². The highest BCUT2D eigenvalue weighted by Gasteiger charge is 2.33. The Balaban J connectivity index is 2.43. The van der Waals surface area contributed by atoms with E-state index in [1.165, 1.54) is 0 Å². The first-order valence-electron chi connectivity index (χ1n) is 5.92. The summed E-state index contributed by atoms with van der Waals surface area (Å²) in [4.78, 5) is 11.6. The van der Waals surface area contributed by atoms with Crippen LogP contribution in [-0.4, -0.2) is 24.2 Å². The minimum absolute atomic E-state index is 0.0372. The van der Waals surface area contributed by atoms with Gasteiger partial charge in [-0.2, -0.15) is 5.26 Å². The Morgan fingerprint density at radius 2 is 2.06 bits per heavy atom. The lowest BCUT2D eigenvalue weighted by molar-refractivity contribution is -0.128. The van der Waals surface area contributed by atoms with Crippen LogP contribution in [0.1, 0.15) is 46.0 Å². The van der Waals surface area contributed by atoms with E-state index in [9.17, 15) is 4.79 Å². The number of carbonyl (C=O) groups excluding carboxylic acids is 1. The van der Waals surface area contributed by atoms with Gasteiger partial charge in [0.2, 0.25) is 5.91 Å². The van der Waals surface area contributed by atoms with Gasteiger partial charge in [-0.05, 0) is 26.7 Å². The molecule has 4 nitrogen and oxygen atoms in total. The topological polar surface area (TPSA) is 62.1 Å². The van der Waals surface area contributed by atoms with E-state index >= 15 is 0 Å². The maximum absolute atomic E-state index is 11.6. The molecule has 0 spiro atoms. The van der Waals surface area contributed by atoms with Gasteiger partial charge in [-0.25, -0.2) is 0 Å². The van der Waals surface area contributed by atoms with Crippen LogP contribution in [0.5, 0.6) is 0 Å². The summed E-state index contributed by atoms with van der Waals surface area (Å²) in [6.07, 6.45) is 4.74. The number of ether oxygens (including phenoxy) is 1. The fraction of sp³-hybridized carbons (Fsp3) is 0.833. The average molecular weight is 224 g/mol. The van der Waals surface area contributed by atoms with E-state index < -0.39 is 5.54 Å². The average Bonchev–Trinajstić information content (AvgIpc) is 2.28. The van der Waals surface area contributed by atoms with Crippen LogP contribution in [0.25, 0.3) is 0 Å². The van der Waals surface area contributed by atoms with E-state index in [1.807, 2.05) is 13.8 Å². The van der Waals surface area contributed by atoms with Gasteiger partial charge in [-0.15, -0.1) is 0 Å². The van der Waals surface area contributed by atoms with Crippen molar-refractivity contribution in [1.29, 1.82) is 5.26 Å². The maximum Gasteiger partial charge on any atom is 0.247 e. The highest BCUT2D eigenvalue weighted by molar-refractivity contribution is 5.78. The number of nitrogens with zero attached hydrogens (tertiary/aromatic N) is 1. The van der Waals surface area contributed by atoms with Crippen molar-refractivity contribution in [1.82, 2.24) is 5.32 Å². The van der Waals surface area contributed by atoms with E-state index in [1.54, 1.807) is 0 Å². The van der Waals surface area contributed by atoms with E-state index in [0.717, 1.165) is 32.1 Å². The first-order valence-corrected chi connectivity index (χ1v) is 5.92. The van der Waals surface area contributed by atoms with Gasteiger partial charge in [-0.1, -0.05) is 19.3 Å². The van der Waals surface area contributed by atoms with Crippen molar-refractivity contribution in [2.75, 3.05) is 6.61 Å². The Morgan fingerprint density at radius 3 is 2.56 bits per heavy atom. The molecule has 0 aromatic carbocycles. The number of amides is 1. The molecule has 1 aliphatic carbocycles. The van der Waals surface area contributed by atoms with Gasteiger partial charge >= 0.3 is 0 Å². The second kappa shape index (κ2) is 5.86. The van der Waals surface area contributed by atoms with E-state index in [4.69, 9.17) is 10.00 Å². The third-order valence-electron chi connectivity index (χ3n) is 2.85. The Labute approximate surface area is 97.0 Å². The summed E-state index contributed by atoms with van der Waals surface area (Å²) in [6, 6.07) is 2.25. The molecule has 0 aromatic heterocycles. The highest BCUT2D eigenvalue weighted by atomic mass is 16.5. The van der Waals surface area contributed by atoms with Crippen LogP contribution >= 0.6 is 0 Å². The SMILES string of the molecule is CC(C)OCC(=O)NC1(C#N)CCCCC1. The molecule has 90 valence electrons. The first-order chi connectivity index (χ1) is 7.58. The standard InChI is InChI=1S/C12H20N2O2/c1-10(2)16-8-11(15)14-12(9-13)6-4-3-5-7-12/h10H,3-8H2,1-2H3,(H,14,15). The van der Waals surface area contributed by atoms with Crippen LogP contribution in [0, 0.1) is 11.3 Å². The second-order valence-electron chi connectivity index (χ2n) is 4.66. The molecule has 0 atom stereocenters. The molecule has 0 unspecified atom stereocenters. The normalized spacial score (nSPS) is 19.1. The fourth-order valence-electron chi connectivity index (χ4n) is 1.97. The number of nitrogens with one attached hydrogen (secondary N) is 1. The fourth-order valence-corrected chi connectivity index (χ4v) is 1.97. The number of carbonyl (C=O) groups is 1. The van der Waals surface area contributed by atoms with Crippen molar-refractivity contribution in [2.45, 2.75) is 57.6 Å². The number of nitriles is 1. The summed E-state index contributed by atoms with van der Waals surface area (Å²) < 4.78 is 5.21. The van der Waals surface area contributed by atoms with Gasteiger partial charge in [0.15, 0.2) is 0 Å². The summed E-state index contributed by atoms with van der Waals surface area (Å²) in [7, 11) is 0. The molecular formula is C12H20N2O2. The monoisotopic (exact) mass is 224 g/mol. The Hall–Kier alpha value is -1.08. The van der Waals surface area contributed by atoms with Crippen LogP contribution in [0.3, 0.4) is 0 Å². The number of rotatable bonds is 4. The van der Waals surface area contributed by atoms with Crippen LogP contribution in [0.4, 0.5) is 0 Å². The third kappa shape index (κ3) is 3.82. The molecule has 1 N–H and O–H groups in total. The predicted octanol–water partition coefficient (Wildman–Crippen LogP) is 1.75. The zero-order chi connectivity index (χ0) is 12.0. The Morgan fingerprint density at radius 1 is 1.44 bits per heavy atom. The van der Waals surface area contributed by atoms with Gasteiger partial charge < -0.3 is 10.1 Å². The summed E-state index contributed by atoms with van der Waals surface area (Å²) in [5.41, 5.74) is -0.643. The summed E-state index contributed by atoms with van der Waals surface area (Å²) in [6.45, 7) is 3.81. The molecule has 1 amide bonds. The zero-order valence-electron chi connectivity index (χ0n) is 10.1. The van der Waals surface area contributed by atoms with Gasteiger partial charge in [-0.3, -0.25) is 4.79 Å². The maximum atomic E-state index is 11.6. The van der Waals surface area contributed by atoms with Crippen LogP contribution in [0.2, 0.25) is 0 Å². The molecule has 4 heteroatoms. The van der Waals surface area contributed by atoms with Crippen LogP contribution in [0.15, 0.2) is 0 Å². The van der Waals surface area contributed by atoms with Crippen molar-refractivity contribution in [3.05, 3.63) is 0 Å². The molecule has 0 saturated heterocycles. The van der Waals surface area contributed by atoms with Gasteiger partial charge in [0.1, 0.15) is 12.1 Å². The van der Waals surface area contributed by atoms with Gasteiger partial charge in [0.25, 0.3) is 0 Å². The molecule has 0 radical (unpaired) electrons. The third-order valence-corrected chi connectivity index (χ3v) is 2.85. The van der Waals surface area contributed by atoms with Gasteiger partial charge in [0.05, 0.1) is 12.2 Å². The lowest BCUT2D eigenvalue weighted by Crippen LogP contribution is -2.50. The first kappa shape index (κ1) is 13.0. The molecule has 0 aliphatic heterocycles. The van der Waals surface area contributed by atoms with Crippen molar-refractivity contribution in [2.24, 2.45) is 0 Å². The van der Waals surface area contributed by atoms with Crippen LogP contribution < -0.4 is 5.32 Å². The van der Waals surface area contributed by atoms with Crippen molar-refractivity contribution < 1.29 is 9.53 Å². The molecule has 0 aromatic rings. The Kier molecular flexibility index (Phi) is 4.75. The van der Waals surface area contributed by atoms with Crippen molar-refractivity contribution in [3.8, 4) is 6.07 Å². The molecule has 0 heterocycles. The molecule has 1 saturated carbocycles. The minimum atomic E-state index is -0.643. The van der Waals surface area contributed by atoms with E-state index in [-0.39, 0.29) is 18.6 Å². The molecule has 1 aliphatic rings. The summed E-state index contributed by atoms with van der Waals surface area (Å²) in [5, 5.41) is 12.0. The molecule has 1 fully saturated rings. The largest absolute Gasteiger partial charge is 0.369 e. The van der Waals surface area contributed by atoms with Crippen molar-refractivity contribution >= 4 is 5.91 Å². The van der Waals surface area contributed by atoms with Crippen molar-refractivity contribution in [3.63, 3.8) is 0 Å². The smallest absolute Gasteiger partial charge is 0.247 e. The van der Waals surface area contributed by atoms with E-state index in [0.29, 0.717) is 0 Å².